The topological polar surface area (TPSA) is 87.5 Å². The zero-order valence-corrected chi connectivity index (χ0v) is 13.4. The second-order valence-electron chi connectivity index (χ2n) is 5.44. The monoisotopic (exact) mass is 312 g/mol. The highest BCUT2D eigenvalue weighted by molar-refractivity contribution is 6.43. The third-order valence-electron chi connectivity index (χ3n) is 3.28. The molecule has 2 aromatic carbocycles. The molecule has 6 heteroatoms. The molecule has 0 aliphatic rings. The molecule has 0 atom stereocenters. The van der Waals surface area contributed by atoms with Gasteiger partial charge in [-0.2, -0.15) is 0 Å². The zero-order valence-electron chi connectivity index (χ0n) is 13.4. The highest BCUT2D eigenvalue weighted by Crippen LogP contribution is 2.20. The first-order chi connectivity index (χ1) is 10.9. The Labute approximate surface area is 135 Å². The predicted octanol–water partition coefficient (Wildman–Crippen LogP) is 2.22. The first kappa shape index (κ1) is 16.4. The molecule has 2 amide bonds. The van der Waals surface area contributed by atoms with E-state index in [2.05, 4.69) is 10.6 Å². The van der Waals surface area contributed by atoms with Crippen molar-refractivity contribution in [3.05, 3.63) is 48.0 Å². The van der Waals surface area contributed by atoms with Crippen LogP contribution in [-0.2, 0) is 9.59 Å². The lowest BCUT2D eigenvalue weighted by atomic mass is 10.2. The van der Waals surface area contributed by atoms with Crippen molar-refractivity contribution < 1.29 is 9.59 Å². The normalized spacial score (nSPS) is 10.0. The van der Waals surface area contributed by atoms with E-state index < -0.39 is 11.8 Å². The van der Waals surface area contributed by atoms with Crippen LogP contribution in [0.4, 0.5) is 22.7 Å². The molecule has 4 N–H and O–H groups in total. The maximum Gasteiger partial charge on any atom is 0.314 e. The number of aryl methyl sites for hydroxylation is 1. The highest BCUT2D eigenvalue weighted by Gasteiger charge is 2.15. The number of nitrogens with one attached hydrogen (secondary N) is 2. The van der Waals surface area contributed by atoms with Crippen LogP contribution in [-0.4, -0.2) is 25.9 Å². The van der Waals surface area contributed by atoms with Crippen LogP contribution < -0.4 is 21.3 Å². The Kier molecular flexibility index (Phi) is 4.85. The maximum absolute atomic E-state index is 12.0. The lowest BCUT2D eigenvalue weighted by molar-refractivity contribution is -0.132. The summed E-state index contributed by atoms with van der Waals surface area (Å²) in [6, 6.07) is 12.4. The van der Waals surface area contributed by atoms with Crippen LogP contribution in [0.25, 0.3) is 0 Å². The molecule has 2 rings (SSSR count). The number of benzene rings is 2. The van der Waals surface area contributed by atoms with Crippen molar-refractivity contribution in [2.24, 2.45) is 0 Å². The van der Waals surface area contributed by atoms with E-state index in [4.69, 9.17) is 5.73 Å². The van der Waals surface area contributed by atoms with E-state index in [1.807, 2.05) is 38.1 Å². The summed E-state index contributed by atoms with van der Waals surface area (Å²) in [5.74, 6) is -1.52. The van der Waals surface area contributed by atoms with Crippen molar-refractivity contribution in [1.82, 2.24) is 0 Å². The molecule has 0 aliphatic carbocycles. The maximum atomic E-state index is 12.0. The van der Waals surface area contributed by atoms with Gasteiger partial charge in [0.1, 0.15) is 0 Å². The summed E-state index contributed by atoms with van der Waals surface area (Å²) < 4.78 is 0. The predicted molar refractivity (Wildman–Crippen MR) is 93.6 cm³/mol. The number of hydrogen-bond acceptors (Lipinski definition) is 4. The molecule has 23 heavy (non-hydrogen) atoms. The van der Waals surface area contributed by atoms with Gasteiger partial charge in [0.2, 0.25) is 0 Å². The second-order valence-corrected chi connectivity index (χ2v) is 5.44. The molecule has 0 saturated heterocycles. The molecule has 0 spiro atoms. The number of carbonyl (C=O) groups excluding carboxylic acids is 2. The van der Waals surface area contributed by atoms with Gasteiger partial charge < -0.3 is 21.3 Å². The first-order valence-electron chi connectivity index (χ1n) is 7.12. The second kappa shape index (κ2) is 6.83. The number of nitrogens with two attached hydrogens (primary N) is 1. The summed E-state index contributed by atoms with van der Waals surface area (Å²) >= 11 is 0. The fourth-order valence-corrected chi connectivity index (χ4v) is 2.02. The van der Waals surface area contributed by atoms with Crippen molar-refractivity contribution in [2.45, 2.75) is 6.92 Å². The molecular formula is C17H20N4O2. The van der Waals surface area contributed by atoms with Crippen molar-refractivity contribution in [1.29, 1.82) is 0 Å². The van der Waals surface area contributed by atoms with Crippen molar-refractivity contribution in [3.8, 4) is 0 Å². The smallest absolute Gasteiger partial charge is 0.314 e. The van der Waals surface area contributed by atoms with E-state index in [9.17, 15) is 9.59 Å². The Bertz CT molecular complexity index is 741. The standard InChI is InChI=1S/C17H20N4O2/c1-11-7-8-15(14(18)9-11)20-17(23)16(22)19-12-5-4-6-13(10-12)21(2)3/h4-10H,18H2,1-3H3,(H,19,22)(H,20,23). The first-order valence-corrected chi connectivity index (χ1v) is 7.12. The molecule has 6 nitrogen and oxygen atoms in total. The van der Waals surface area contributed by atoms with E-state index in [0.717, 1.165) is 11.3 Å². The summed E-state index contributed by atoms with van der Waals surface area (Å²) in [5.41, 5.74) is 9.10. The third-order valence-corrected chi connectivity index (χ3v) is 3.28. The Morgan fingerprint density at radius 3 is 2.35 bits per heavy atom. The Hall–Kier alpha value is -3.02. The number of nitrogen functional groups attached to an aromatic ring is 1. The Morgan fingerprint density at radius 2 is 1.70 bits per heavy atom. The van der Waals surface area contributed by atoms with Gasteiger partial charge in [-0.3, -0.25) is 9.59 Å². The van der Waals surface area contributed by atoms with Gasteiger partial charge >= 0.3 is 11.8 Å². The number of anilines is 4. The molecule has 0 heterocycles. The minimum atomic E-state index is -0.768. The average molecular weight is 312 g/mol. The van der Waals surface area contributed by atoms with Gasteiger partial charge in [0.15, 0.2) is 0 Å². The Balaban J connectivity index is 2.05. The molecule has 0 radical (unpaired) electrons. The van der Waals surface area contributed by atoms with E-state index in [-0.39, 0.29) is 0 Å². The van der Waals surface area contributed by atoms with Gasteiger partial charge in [-0.1, -0.05) is 12.1 Å². The van der Waals surface area contributed by atoms with Gasteiger partial charge in [0.05, 0.1) is 11.4 Å². The number of amides is 2. The van der Waals surface area contributed by atoms with Crippen LogP contribution in [0.1, 0.15) is 5.56 Å². The van der Waals surface area contributed by atoms with Crippen molar-refractivity contribution in [2.75, 3.05) is 35.4 Å². The number of nitrogens with zero attached hydrogens (tertiary/aromatic N) is 1. The molecule has 0 aromatic heterocycles. The van der Waals surface area contributed by atoms with Crippen LogP contribution in [0.15, 0.2) is 42.5 Å². The molecule has 2 aromatic rings. The fourth-order valence-electron chi connectivity index (χ4n) is 2.02. The number of rotatable bonds is 3. The summed E-state index contributed by atoms with van der Waals surface area (Å²) in [4.78, 5) is 25.9. The minimum absolute atomic E-state index is 0.415. The number of carbonyl (C=O) groups is 2. The van der Waals surface area contributed by atoms with Crippen LogP contribution in [0.2, 0.25) is 0 Å². The number of hydrogen-bond donors (Lipinski definition) is 3. The SMILES string of the molecule is Cc1ccc(NC(=O)C(=O)Nc2cccc(N(C)C)c2)c(N)c1. The van der Waals surface area contributed by atoms with Crippen LogP contribution in [0, 0.1) is 6.92 Å². The van der Waals surface area contributed by atoms with Crippen LogP contribution >= 0.6 is 0 Å². The lowest BCUT2D eigenvalue weighted by Crippen LogP contribution is -2.29. The van der Waals surface area contributed by atoms with E-state index in [0.29, 0.717) is 17.1 Å². The van der Waals surface area contributed by atoms with Gasteiger partial charge in [-0.25, -0.2) is 0 Å². The lowest BCUT2D eigenvalue weighted by Gasteiger charge is -2.14. The van der Waals surface area contributed by atoms with E-state index >= 15 is 0 Å². The molecular weight excluding hydrogens is 292 g/mol. The highest BCUT2D eigenvalue weighted by atomic mass is 16.2. The fraction of sp³-hybridized carbons (Fsp3) is 0.176. The van der Waals surface area contributed by atoms with Gasteiger partial charge in [0.25, 0.3) is 0 Å². The van der Waals surface area contributed by atoms with E-state index in [1.54, 1.807) is 30.3 Å². The molecule has 0 saturated carbocycles. The minimum Gasteiger partial charge on any atom is -0.397 e. The van der Waals surface area contributed by atoms with Gasteiger partial charge in [0, 0.05) is 25.5 Å². The van der Waals surface area contributed by atoms with Crippen molar-refractivity contribution >= 4 is 34.6 Å². The Morgan fingerprint density at radius 1 is 1.00 bits per heavy atom. The summed E-state index contributed by atoms with van der Waals surface area (Å²) in [5, 5.41) is 5.08. The molecule has 0 unspecified atom stereocenters. The van der Waals surface area contributed by atoms with Gasteiger partial charge in [-0.15, -0.1) is 0 Å². The van der Waals surface area contributed by atoms with Crippen LogP contribution in [0.3, 0.4) is 0 Å². The van der Waals surface area contributed by atoms with Gasteiger partial charge in [-0.05, 0) is 42.8 Å². The van der Waals surface area contributed by atoms with Crippen molar-refractivity contribution in [3.63, 3.8) is 0 Å². The quantitative estimate of drug-likeness (QED) is 0.599. The summed E-state index contributed by atoms with van der Waals surface area (Å²) in [7, 11) is 3.79. The molecule has 0 fully saturated rings. The average Bonchev–Trinajstić information content (AvgIpc) is 2.50. The molecule has 0 bridgehead atoms. The summed E-state index contributed by atoms with van der Waals surface area (Å²) in [6.07, 6.45) is 0. The largest absolute Gasteiger partial charge is 0.397 e. The third kappa shape index (κ3) is 4.23. The molecule has 0 aliphatic heterocycles. The van der Waals surface area contributed by atoms with E-state index in [1.165, 1.54) is 0 Å². The zero-order chi connectivity index (χ0) is 17.0. The molecule has 120 valence electrons. The van der Waals surface area contributed by atoms with Crippen LogP contribution in [0.5, 0.6) is 0 Å². The summed E-state index contributed by atoms with van der Waals surface area (Å²) in [6.45, 7) is 1.90.